The molecule has 1 atom stereocenters. The average Bonchev–Trinajstić information content (AvgIpc) is 2.55. The van der Waals surface area contributed by atoms with Crippen molar-refractivity contribution in [3.05, 3.63) is 28.8 Å². The lowest BCUT2D eigenvalue weighted by Gasteiger charge is -2.05. The first kappa shape index (κ1) is 9.98. The van der Waals surface area contributed by atoms with Gasteiger partial charge in [0.1, 0.15) is 5.75 Å². The maximum absolute atomic E-state index is 11.7. The molecule has 2 rings (SSSR count). The summed E-state index contributed by atoms with van der Waals surface area (Å²) in [6.07, 6.45) is -1.19. The van der Waals surface area contributed by atoms with Gasteiger partial charge < -0.3 is 9.47 Å². The molecular weight excluding hydrogens is 220 g/mol. The van der Waals surface area contributed by atoms with Crippen LogP contribution in [0.25, 0.3) is 0 Å². The third-order valence-corrected chi connectivity index (χ3v) is 2.34. The molecule has 1 aliphatic rings. The highest BCUT2D eigenvalue weighted by atomic mass is 35.5. The number of carbonyl (C=O) groups excluding carboxylic acids is 2. The minimum Gasteiger partial charge on any atom is -0.470 e. The van der Waals surface area contributed by atoms with Gasteiger partial charge in [0.2, 0.25) is 5.78 Å². The van der Waals surface area contributed by atoms with Gasteiger partial charge in [0.05, 0.1) is 12.7 Å². The lowest BCUT2D eigenvalue weighted by Crippen LogP contribution is -2.31. The monoisotopic (exact) mass is 226 g/mol. The number of halogens is 1. The summed E-state index contributed by atoms with van der Waals surface area (Å²) >= 11 is 5.73. The molecule has 0 bridgehead atoms. The molecule has 5 heteroatoms. The van der Waals surface area contributed by atoms with Gasteiger partial charge in [-0.25, -0.2) is 4.79 Å². The molecule has 1 aliphatic heterocycles. The molecule has 15 heavy (non-hydrogen) atoms. The van der Waals surface area contributed by atoms with Crippen LogP contribution in [-0.2, 0) is 9.53 Å². The van der Waals surface area contributed by atoms with Crippen molar-refractivity contribution in [1.29, 1.82) is 0 Å². The molecule has 4 nitrogen and oxygen atoms in total. The van der Waals surface area contributed by atoms with Crippen molar-refractivity contribution in [2.45, 2.75) is 6.10 Å². The predicted octanol–water partition coefficient (Wildman–Crippen LogP) is 1.46. The van der Waals surface area contributed by atoms with E-state index in [9.17, 15) is 9.59 Å². The number of hydrogen-bond acceptors (Lipinski definition) is 4. The van der Waals surface area contributed by atoms with E-state index in [1.54, 1.807) is 12.1 Å². The maximum atomic E-state index is 11.7. The van der Waals surface area contributed by atoms with Gasteiger partial charge in [0, 0.05) is 5.02 Å². The molecule has 1 aromatic carbocycles. The molecule has 0 saturated heterocycles. The molecule has 0 N–H and O–H groups in total. The molecule has 0 amide bonds. The van der Waals surface area contributed by atoms with E-state index in [4.69, 9.17) is 16.3 Å². The summed E-state index contributed by atoms with van der Waals surface area (Å²) in [4.78, 5) is 22.8. The zero-order valence-electron chi connectivity index (χ0n) is 7.82. The molecule has 0 radical (unpaired) electrons. The van der Waals surface area contributed by atoms with Crippen LogP contribution in [0.4, 0.5) is 0 Å². The Hall–Kier alpha value is -1.55. The number of rotatable bonds is 1. The molecule has 78 valence electrons. The fourth-order valence-electron chi connectivity index (χ4n) is 1.38. The Kier molecular flexibility index (Phi) is 2.36. The van der Waals surface area contributed by atoms with Gasteiger partial charge in [-0.1, -0.05) is 11.6 Å². The number of benzene rings is 1. The Balaban J connectivity index is 2.38. The highest BCUT2D eigenvalue weighted by molar-refractivity contribution is 6.31. The van der Waals surface area contributed by atoms with Crippen LogP contribution >= 0.6 is 11.6 Å². The fourth-order valence-corrected chi connectivity index (χ4v) is 1.55. The summed E-state index contributed by atoms with van der Waals surface area (Å²) in [7, 11) is 1.20. The second-order valence-electron chi connectivity index (χ2n) is 3.03. The zero-order valence-corrected chi connectivity index (χ0v) is 8.58. The van der Waals surface area contributed by atoms with E-state index in [0.29, 0.717) is 16.3 Å². The predicted molar refractivity (Wildman–Crippen MR) is 52.2 cm³/mol. The van der Waals surface area contributed by atoms with Gasteiger partial charge in [0.15, 0.2) is 0 Å². The van der Waals surface area contributed by atoms with Crippen LogP contribution in [0.2, 0.25) is 5.02 Å². The summed E-state index contributed by atoms with van der Waals surface area (Å²) in [6.45, 7) is 0. The second-order valence-corrected chi connectivity index (χ2v) is 3.46. The number of methoxy groups -OCH3 is 1. The molecule has 0 spiro atoms. The Bertz CT molecular complexity index is 441. The second kappa shape index (κ2) is 3.55. The molecule has 1 aromatic rings. The molecule has 0 fully saturated rings. The number of ether oxygens (including phenoxy) is 2. The quantitative estimate of drug-likeness (QED) is 0.537. The smallest absolute Gasteiger partial charge is 0.355 e. The van der Waals surface area contributed by atoms with Gasteiger partial charge >= 0.3 is 5.97 Å². The van der Waals surface area contributed by atoms with Crippen molar-refractivity contribution in [3.63, 3.8) is 0 Å². The first-order valence-corrected chi connectivity index (χ1v) is 4.59. The van der Waals surface area contributed by atoms with E-state index in [2.05, 4.69) is 4.74 Å². The van der Waals surface area contributed by atoms with Crippen molar-refractivity contribution in [1.82, 2.24) is 0 Å². The minimum atomic E-state index is -1.19. The summed E-state index contributed by atoms with van der Waals surface area (Å²) in [5.74, 6) is -0.758. The van der Waals surface area contributed by atoms with Gasteiger partial charge in [0.25, 0.3) is 6.10 Å². The molecule has 1 heterocycles. The first-order valence-electron chi connectivity index (χ1n) is 4.21. The molecule has 0 aromatic heterocycles. The number of fused-ring (bicyclic) bond motifs is 1. The number of Topliss-reactive ketones (excluding diaryl/α,β-unsaturated/α-hetero) is 1. The summed E-state index contributed by atoms with van der Waals surface area (Å²) in [5.41, 5.74) is 0.318. The van der Waals surface area contributed by atoms with E-state index in [0.717, 1.165) is 0 Å². The third kappa shape index (κ3) is 1.57. The Labute approximate surface area is 90.7 Å². The third-order valence-electron chi connectivity index (χ3n) is 2.11. The van der Waals surface area contributed by atoms with Gasteiger partial charge in [-0.05, 0) is 18.2 Å². The maximum Gasteiger partial charge on any atom is 0.355 e. The van der Waals surface area contributed by atoms with Gasteiger partial charge in [-0.15, -0.1) is 0 Å². The van der Waals surface area contributed by atoms with Gasteiger partial charge in [-0.2, -0.15) is 0 Å². The van der Waals surface area contributed by atoms with Crippen molar-refractivity contribution in [2.24, 2.45) is 0 Å². The zero-order chi connectivity index (χ0) is 11.0. The SMILES string of the molecule is COC(=O)C1Oc2ccc(Cl)cc2C1=O. The standard InChI is InChI=1S/C10H7ClO4/c1-14-10(13)9-8(12)6-4-5(11)2-3-7(6)15-9/h2-4,9H,1H3. The topological polar surface area (TPSA) is 52.6 Å². The Morgan fingerprint density at radius 2 is 2.27 bits per heavy atom. The van der Waals surface area contributed by atoms with E-state index in [1.165, 1.54) is 13.2 Å². The van der Waals surface area contributed by atoms with Crippen molar-refractivity contribution in [3.8, 4) is 5.75 Å². The number of ketones is 1. The molecule has 1 unspecified atom stereocenters. The fraction of sp³-hybridized carbons (Fsp3) is 0.200. The highest BCUT2D eigenvalue weighted by Crippen LogP contribution is 2.31. The number of carbonyl (C=O) groups is 2. The normalized spacial score (nSPS) is 18.3. The number of esters is 1. The van der Waals surface area contributed by atoms with Gasteiger partial charge in [-0.3, -0.25) is 4.79 Å². The summed E-state index contributed by atoms with van der Waals surface area (Å²) < 4.78 is 9.59. The lowest BCUT2D eigenvalue weighted by molar-refractivity contribution is -0.145. The van der Waals surface area contributed by atoms with Crippen LogP contribution < -0.4 is 4.74 Å². The van der Waals surface area contributed by atoms with Crippen molar-refractivity contribution in [2.75, 3.05) is 7.11 Å². The summed E-state index contributed by atoms with van der Waals surface area (Å²) in [6, 6.07) is 4.62. The van der Waals surface area contributed by atoms with Crippen molar-refractivity contribution < 1.29 is 19.1 Å². The summed E-state index contributed by atoms with van der Waals surface area (Å²) in [5, 5.41) is 0.427. The van der Waals surface area contributed by atoms with E-state index in [-0.39, 0.29) is 0 Å². The first-order chi connectivity index (χ1) is 7.13. The van der Waals surface area contributed by atoms with Crippen molar-refractivity contribution >= 4 is 23.4 Å². The van der Waals surface area contributed by atoms with E-state index < -0.39 is 17.9 Å². The van der Waals surface area contributed by atoms with Crippen LogP contribution in [0.3, 0.4) is 0 Å². The molecule has 0 aliphatic carbocycles. The van der Waals surface area contributed by atoms with Crippen LogP contribution in [0.5, 0.6) is 5.75 Å². The molecular formula is C10H7ClO4. The number of hydrogen-bond donors (Lipinski definition) is 0. The van der Waals surface area contributed by atoms with E-state index >= 15 is 0 Å². The van der Waals surface area contributed by atoms with Crippen LogP contribution in [0.1, 0.15) is 10.4 Å². The lowest BCUT2D eigenvalue weighted by atomic mass is 10.1. The Morgan fingerprint density at radius 1 is 1.53 bits per heavy atom. The van der Waals surface area contributed by atoms with Crippen LogP contribution in [0, 0.1) is 0 Å². The van der Waals surface area contributed by atoms with Crippen LogP contribution in [-0.4, -0.2) is 25.0 Å². The average molecular weight is 227 g/mol. The highest BCUT2D eigenvalue weighted by Gasteiger charge is 2.38. The Morgan fingerprint density at radius 3 is 2.93 bits per heavy atom. The minimum absolute atomic E-state index is 0.318. The van der Waals surface area contributed by atoms with E-state index in [1.807, 2.05) is 0 Å². The van der Waals surface area contributed by atoms with Crippen LogP contribution in [0.15, 0.2) is 18.2 Å². The largest absolute Gasteiger partial charge is 0.470 e. The molecule has 0 saturated carbocycles.